The lowest BCUT2D eigenvalue weighted by atomic mass is 9.92. The number of hydrogen-bond donors (Lipinski definition) is 0. The molecule has 0 aliphatic carbocycles. The first kappa shape index (κ1) is 19.4. The van der Waals surface area contributed by atoms with Crippen LogP contribution >= 0.6 is 0 Å². The molecule has 1 aliphatic heterocycles. The smallest absolute Gasteiger partial charge is 0.293 e. The van der Waals surface area contributed by atoms with E-state index in [0.717, 1.165) is 31.5 Å². The molecule has 3 aromatic rings. The zero-order valence-corrected chi connectivity index (χ0v) is 17.2. The fraction of sp³-hybridized carbons (Fsp3) is 0.455. The van der Waals surface area contributed by atoms with Gasteiger partial charge in [-0.25, -0.2) is 9.20 Å². The molecule has 2 unspecified atom stereocenters. The van der Waals surface area contributed by atoms with Crippen molar-refractivity contribution in [3.8, 4) is 11.3 Å². The summed E-state index contributed by atoms with van der Waals surface area (Å²) in [4.78, 5) is 27.5. The number of aryl methyl sites for hydroxylation is 1. The third kappa shape index (κ3) is 3.95. The monoisotopic (exact) mass is 393 g/mol. The van der Waals surface area contributed by atoms with Crippen molar-refractivity contribution in [2.24, 2.45) is 11.8 Å². The quantitative estimate of drug-likeness (QED) is 0.683. The van der Waals surface area contributed by atoms with Crippen molar-refractivity contribution in [1.82, 2.24) is 24.3 Å². The first-order valence-electron chi connectivity index (χ1n) is 10.3. The predicted molar refractivity (Wildman–Crippen MR) is 112 cm³/mol. The van der Waals surface area contributed by atoms with Gasteiger partial charge in [-0.05, 0) is 36.3 Å². The molecule has 0 radical (unpaired) electrons. The number of carbonyl (C=O) groups is 1. The van der Waals surface area contributed by atoms with Crippen molar-refractivity contribution in [1.29, 1.82) is 0 Å². The zero-order chi connectivity index (χ0) is 20.5. The maximum atomic E-state index is 12.9. The Balaban J connectivity index is 1.59. The number of nitrogens with zero attached hydrogens (tertiary/aromatic N) is 5. The molecule has 152 valence electrons. The van der Waals surface area contributed by atoms with Crippen molar-refractivity contribution in [3.63, 3.8) is 0 Å². The number of amides is 1. The second-order valence-electron chi connectivity index (χ2n) is 8.25. The predicted octanol–water partition coefficient (Wildman–Crippen LogP) is 2.62. The maximum absolute atomic E-state index is 12.9. The van der Waals surface area contributed by atoms with Gasteiger partial charge in [-0.2, -0.15) is 10.2 Å². The Morgan fingerprint density at radius 3 is 2.48 bits per heavy atom. The Bertz CT molecular complexity index is 1070. The Morgan fingerprint density at radius 2 is 1.83 bits per heavy atom. The third-order valence-electron chi connectivity index (χ3n) is 5.65. The summed E-state index contributed by atoms with van der Waals surface area (Å²) in [6, 6.07) is 9.91. The Kier molecular flexibility index (Phi) is 5.22. The molecule has 0 saturated carbocycles. The fourth-order valence-corrected chi connectivity index (χ4v) is 4.20. The number of piperidine rings is 1. The van der Waals surface area contributed by atoms with Crippen LogP contribution in [0.3, 0.4) is 0 Å². The van der Waals surface area contributed by atoms with Gasteiger partial charge in [-0.15, -0.1) is 0 Å². The molecule has 29 heavy (non-hydrogen) atoms. The lowest BCUT2D eigenvalue weighted by Crippen LogP contribution is -2.45. The lowest BCUT2D eigenvalue weighted by molar-refractivity contribution is -0.134. The largest absolute Gasteiger partial charge is 0.341 e. The summed E-state index contributed by atoms with van der Waals surface area (Å²) >= 11 is 0. The van der Waals surface area contributed by atoms with Crippen LogP contribution in [0.25, 0.3) is 16.8 Å². The first-order chi connectivity index (χ1) is 13.9. The van der Waals surface area contributed by atoms with E-state index in [1.807, 2.05) is 17.0 Å². The molecule has 1 saturated heterocycles. The molecular weight excluding hydrogens is 366 g/mol. The molecule has 0 N–H and O–H groups in total. The number of aromatic nitrogens is 4. The zero-order valence-electron chi connectivity index (χ0n) is 17.2. The van der Waals surface area contributed by atoms with E-state index in [2.05, 4.69) is 43.1 Å². The summed E-state index contributed by atoms with van der Waals surface area (Å²) in [5.74, 6) is 0.898. The van der Waals surface area contributed by atoms with Crippen molar-refractivity contribution >= 4 is 11.4 Å². The van der Waals surface area contributed by atoms with Crippen LogP contribution in [0.15, 0.2) is 41.5 Å². The van der Waals surface area contributed by atoms with Gasteiger partial charge in [0, 0.05) is 18.7 Å². The minimum Gasteiger partial charge on any atom is -0.341 e. The van der Waals surface area contributed by atoms with Crippen LogP contribution in [0.5, 0.6) is 0 Å². The number of carbonyl (C=O) groups excluding carboxylic acids is 1. The third-order valence-corrected chi connectivity index (χ3v) is 5.65. The number of fused-ring (bicyclic) bond motifs is 1. The standard InChI is InChI=1S/C22H27N5O2/c1-4-17-5-7-18(8-6-17)19-10-20-22(29)26(23-14-27(20)24-19)13-21(28)25-11-15(2)9-16(3)12-25/h5-8,10,14-16H,4,9,11-13H2,1-3H3. The molecule has 1 amide bonds. The molecule has 7 nitrogen and oxygen atoms in total. The van der Waals surface area contributed by atoms with Crippen LogP contribution in [0.1, 0.15) is 32.8 Å². The van der Waals surface area contributed by atoms with Crippen LogP contribution in [0.2, 0.25) is 0 Å². The average molecular weight is 393 g/mol. The van der Waals surface area contributed by atoms with Crippen LogP contribution in [0, 0.1) is 11.8 Å². The molecule has 1 aromatic carbocycles. The molecule has 2 aromatic heterocycles. The van der Waals surface area contributed by atoms with E-state index in [1.54, 1.807) is 6.07 Å². The van der Waals surface area contributed by atoms with E-state index in [1.165, 1.54) is 21.1 Å². The lowest BCUT2D eigenvalue weighted by Gasteiger charge is -2.35. The summed E-state index contributed by atoms with van der Waals surface area (Å²) in [6.45, 7) is 7.87. The number of rotatable bonds is 4. The van der Waals surface area contributed by atoms with Crippen molar-refractivity contribution in [2.75, 3.05) is 13.1 Å². The van der Waals surface area contributed by atoms with E-state index in [4.69, 9.17) is 0 Å². The summed E-state index contributed by atoms with van der Waals surface area (Å²) < 4.78 is 2.73. The highest BCUT2D eigenvalue weighted by Crippen LogP contribution is 2.21. The summed E-state index contributed by atoms with van der Waals surface area (Å²) in [5.41, 5.74) is 3.03. The number of hydrogen-bond acceptors (Lipinski definition) is 4. The molecule has 1 aliphatic rings. The van der Waals surface area contributed by atoms with Gasteiger partial charge in [0.1, 0.15) is 18.4 Å². The summed E-state index contributed by atoms with van der Waals surface area (Å²) in [6.07, 6.45) is 3.60. The Hall–Kier alpha value is -2.96. The minimum absolute atomic E-state index is 0.0412. The van der Waals surface area contributed by atoms with Crippen LogP contribution in [0.4, 0.5) is 0 Å². The Labute approximate surface area is 170 Å². The normalized spacial score (nSPS) is 19.6. The molecule has 1 fully saturated rings. The molecule has 7 heteroatoms. The topological polar surface area (TPSA) is 72.5 Å². The SMILES string of the molecule is CCc1ccc(-c2cc3c(=O)n(CC(=O)N4CC(C)CC(C)C4)ncn3n2)cc1. The first-order valence-corrected chi connectivity index (χ1v) is 10.3. The molecule has 2 atom stereocenters. The Morgan fingerprint density at radius 1 is 1.14 bits per heavy atom. The van der Waals surface area contributed by atoms with Gasteiger partial charge >= 0.3 is 0 Å². The van der Waals surface area contributed by atoms with Crippen LogP contribution in [-0.4, -0.2) is 43.3 Å². The van der Waals surface area contributed by atoms with Gasteiger partial charge in [0.15, 0.2) is 0 Å². The second kappa shape index (κ2) is 7.81. The van der Waals surface area contributed by atoms with Gasteiger partial charge in [-0.1, -0.05) is 45.0 Å². The van der Waals surface area contributed by atoms with Crippen LogP contribution < -0.4 is 5.56 Å². The van der Waals surface area contributed by atoms with Crippen molar-refractivity contribution in [3.05, 3.63) is 52.6 Å². The average Bonchev–Trinajstić information content (AvgIpc) is 3.14. The van der Waals surface area contributed by atoms with E-state index in [9.17, 15) is 9.59 Å². The van der Waals surface area contributed by atoms with E-state index >= 15 is 0 Å². The van der Waals surface area contributed by atoms with E-state index in [0.29, 0.717) is 23.0 Å². The summed E-state index contributed by atoms with van der Waals surface area (Å²) in [7, 11) is 0. The molecular formula is C22H27N5O2. The van der Waals surface area contributed by atoms with Gasteiger partial charge in [-0.3, -0.25) is 9.59 Å². The molecule has 0 spiro atoms. The number of benzene rings is 1. The van der Waals surface area contributed by atoms with Gasteiger partial charge in [0.05, 0.1) is 5.69 Å². The molecule has 0 bridgehead atoms. The molecule has 4 rings (SSSR count). The summed E-state index contributed by atoms with van der Waals surface area (Å²) in [5, 5.41) is 8.65. The highest BCUT2D eigenvalue weighted by atomic mass is 16.2. The van der Waals surface area contributed by atoms with Gasteiger partial charge < -0.3 is 4.90 Å². The van der Waals surface area contributed by atoms with Crippen molar-refractivity contribution < 1.29 is 4.79 Å². The molecule has 3 heterocycles. The second-order valence-corrected chi connectivity index (χ2v) is 8.25. The minimum atomic E-state index is -0.303. The van der Waals surface area contributed by atoms with Crippen LogP contribution in [-0.2, 0) is 17.8 Å². The van der Waals surface area contributed by atoms with Crippen molar-refractivity contribution in [2.45, 2.75) is 40.2 Å². The van der Waals surface area contributed by atoms with E-state index < -0.39 is 0 Å². The maximum Gasteiger partial charge on any atom is 0.293 e. The van der Waals surface area contributed by atoms with Gasteiger partial charge in [0.2, 0.25) is 5.91 Å². The number of likely N-dealkylation sites (tertiary alicyclic amines) is 1. The fourth-order valence-electron chi connectivity index (χ4n) is 4.20. The van der Waals surface area contributed by atoms with Gasteiger partial charge in [0.25, 0.3) is 5.56 Å². The highest BCUT2D eigenvalue weighted by Gasteiger charge is 2.26. The van der Waals surface area contributed by atoms with E-state index in [-0.39, 0.29) is 18.0 Å². The highest BCUT2D eigenvalue weighted by molar-refractivity contribution is 5.76.